The van der Waals surface area contributed by atoms with Gasteiger partial charge in [-0.1, -0.05) is 0 Å². The van der Waals surface area contributed by atoms with E-state index in [1.165, 1.54) is 14.0 Å². The van der Waals surface area contributed by atoms with Crippen LogP contribution in [0.2, 0.25) is 0 Å². The summed E-state index contributed by atoms with van der Waals surface area (Å²) in [6.45, 7) is 0.998. The van der Waals surface area contributed by atoms with Crippen molar-refractivity contribution < 1.29 is 17.4 Å². The monoisotopic (exact) mass is 214 g/mol. The van der Waals surface area contributed by atoms with Gasteiger partial charge in [0.1, 0.15) is 5.04 Å². The zero-order valence-corrected chi connectivity index (χ0v) is 7.95. The first-order valence-electron chi connectivity index (χ1n) is 3.56. The highest BCUT2D eigenvalue weighted by atomic mass is 32.2. The van der Waals surface area contributed by atoms with Gasteiger partial charge in [0.2, 0.25) is 0 Å². The molecule has 3 nitrogen and oxygen atoms in total. The van der Waals surface area contributed by atoms with E-state index >= 15 is 0 Å². The van der Waals surface area contributed by atoms with E-state index in [1.807, 2.05) is 0 Å². The van der Waals surface area contributed by atoms with Crippen LogP contribution in [-0.4, -0.2) is 39.3 Å². The zero-order valence-electron chi connectivity index (χ0n) is 7.13. The van der Waals surface area contributed by atoms with E-state index in [2.05, 4.69) is 5.10 Å². The van der Waals surface area contributed by atoms with Crippen LogP contribution in [0.1, 0.15) is 6.92 Å². The molecule has 0 amide bonds. The van der Waals surface area contributed by atoms with E-state index in [0.717, 1.165) is 5.01 Å². The van der Waals surface area contributed by atoms with Crippen molar-refractivity contribution in [2.75, 3.05) is 13.6 Å². The zero-order chi connectivity index (χ0) is 10.2. The molecule has 0 radical (unpaired) electrons. The fraction of sp³-hybridized carbons (Fsp3) is 0.833. The lowest BCUT2D eigenvalue weighted by atomic mass is 10.4. The topological polar surface area (TPSA) is 32.7 Å². The first-order chi connectivity index (χ1) is 5.82. The number of hydrogen-bond acceptors (Lipinski definition) is 3. The summed E-state index contributed by atoms with van der Waals surface area (Å²) in [5.74, 6) is 0. The molecular weight excluding hydrogens is 205 g/mol. The molecule has 1 aliphatic rings. The van der Waals surface area contributed by atoms with Gasteiger partial charge in [0, 0.05) is 7.05 Å². The van der Waals surface area contributed by atoms with E-state index in [-0.39, 0.29) is 11.6 Å². The van der Waals surface area contributed by atoms with Crippen molar-refractivity contribution in [2.24, 2.45) is 5.10 Å². The van der Waals surface area contributed by atoms with Crippen LogP contribution in [0.3, 0.4) is 0 Å². The quantitative estimate of drug-likeness (QED) is 0.601. The largest absolute Gasteiger partial charge is 0.405 e. The van der Waals surface area contributed by atoms with Gasteiger partial charge in [-0.05, 0) is 6.92 Å². The van der Waals surface area contributed by atoms with Crippen LogP contribution < -0.4 is 0 Å². The Morgan fingerprint density at radius 1 is 1.62 bits per heavy atom. The van der Waals surface area contributed by atoms with Crippen molar-refractivity contribution in [1.29, 1.82) is 0 Å². The summed E-state index contributed by atoms with van der Waals surface area (Å²) in [6, 6.07) is 0. The van der Waals surface area contributed by atoms with Crippen molar-refractivity contribution in [3.05, 3.63) is 0 Å². The van der Waals surface area contributed by atoms with E-state index in [9.17, 15) is 17.4 Å². The molecule has 0 saturated carbocycles. The van der Waals surface area contributed by atoms with Gasteiger partial charge in [-0.15, -0.1) is 0 Å². The average Bonchev–Trinajstić information content (AvgIpc) is 1.94. The van der Waals surface area contributed by atoms with Gasteiger partial charge in [0.25, 0.3) is 0 Å². The van der Waals surface area contributed by atoms with Gasteiger partial charge < -0.3 is 0 Å². The summed E-state index contributed by atoms with van der Waals surface area (Å²) in [7, 11) is -0.600. The van der Waals surface area contributed by atoms with E-state index in [1.54, 1.807) is 0 Å². The molecule has 0 saturated heterocycles. The van der Waals surface area contributed by atoms with Gasteiger partial charge in [-0.25, -0.2) is 0 Å². The number of alkyl halides is 3. The maximum Gasteiger partial charge on any atom is 0.405 e. The minimum absolute atomic E-state index is 0.0241. The highest BCUT2D eigenvalue weighted by Crippen LogP contribution is 2.27. The highest BCUT2D eigenvalue weighted by Gasteiger charge is 2.47. The molecule has 0 aromatic carbocycles. The van der Waals surface area contributed by atoms with Gasteiger partial charge >= 0.3 is 6.18 Å². The van der Waals surface area contributed by atoms with Crippen LogP contribution in [-0.2, 0) is 10.8 Å². The van der Waals surface area contributed by atoms with Crippen LogP contribution >= 0.6 is 0 Å². The fourth-order valence-electron chi connectivity index (χ4n) is 1.06. The summed E-state index contributed by atoms with van der Waals surface area (Å²) in [4.78, 5) is 0. The number of rotatable bonds is 0. The predicted molar refractivity (Wildman–Crippen MR) is 43.7 cm³/mol. The normalized spacial score (nSPS) is 30.2. The number of nitrogens with zero attached hydrogens (tertiary/aromatic N) is 2. The van der Waals surface area contributed by atoms with Crippen molar-refractivity contribution >= 4 is 15.8 Å². The lowest BCUT2D eigenvalue weighted by molar-refractivity contribution is -0.132. The second kappa shape index (κ2) is 3.28. The molecule has 0 spiro atoms. The molecule has 2 unspecified atom stereocenters. The average molecular weight is 214 g/mol. The van der Waals surface area contributed by atoms with E-state index in [0.29, 0.717) is 0 Å². The molecule has 0 aromatic heterocycles. The Hall–Kier alpha value is -0.590. The van der Waals surface area contributed by atoms with Gasteiger partial charge in [-0.2, -0.15) is 18.3 Å². The molecule has 0 fully saturated rings. The third kappa shape index (κ3) is 2.20. The molecule has 1 rings (SSSR count). The summed E-state index contributed by atoms with van der Waals surface area (Å²) < 4.78 is 47.9. The van der Waals surface area contributed by atoms with Crippen LogP contribution in [0.25, 0.3) is 0 Å². The molecular formula is C6H9F3N2OS. The summed E-state index contributed by atoms with van der Waals surface area (Å²) in [5.41, 5.74) is 0. The van der Waals surface area contributed by atoms with Crippen LogP contribution in [0.15, 0.2) is 5.10 Å². The Bertz CT molecular complexity index is 263. The predicted octanol–water partition coefficient (Wildman–Crippen LogP) is 0.945. The number of halogens is 3. The maximum absolute atomic E-state index is 12.3. The van der Waals surface area contributed by atoms with Gasteiger partial charge in [0.15, 0.2) is 5.25 Å². The number of hydrogen-bond donors (Lipinski definition) is 0. The van der Waals surface area contributed by atoms with Crippen molar-refractivity contribution in [3.63, 3.8) is 0 Å². The molecule has 0 aromatic rings. The Morgan fingerprint density at radius 3 is 2.62 bits per heavy atom. The minimum atomic E-state index is -4.42. The lowest BCUT2D eigenvalue weighted by Crippen LogP contribution is -2.46. The lowest BCUT2D eigenvalue weighted by Gasteiger charge is -2.28. The first kappa shape index (κ1) is 10.5. The first-order valence-corrected chi connectivity index (χ1v) is 4.77. The molecule has 7 heteroatoms. The molecule has 0 N–H and O–H groups in total. The summed E-state index contributed by atoms with van der Waals surface area (Å²) in [6.07, 6.45) is -4.42. The second-order valence-electron chi connectivity index (χ2n) is 2.79. The molecule has 0 aliphatic carbocycles. The Kier molecular flexibility index (Phi) is 2.65. The van der Waals surface area contributed by atoms with Crippen molar-refractivity contribution in [3.8, 4) is 0 Å². The maximum atomic E-state index is 12.3. The smallest absolute Gasteiger partial charge is 0.298 e. The van der Waals surface area contributed by atoms with Crippen LogP contribution in [0, 0.1) is 0 Å². The van der Waals surface area contributed by atoms with Gasteiger partial charge in [0.05, 0.1) is 17.3 Å². The Labute approximate surface area is 76.1 Å². The Morgan fingerprint density at radius 2 is 2.15 bits per heavy atom. The van der Waals surface area contributed by atoms with Gasteiger partial charge in [-0.3, -0.25) is 9.22 Å². The standard InChI is InChI=1S/C6H9F3N2OS/c1-4-10-11(2)3-5(13(4)12)6(7,8)9/h5H,3H2,1-2H3. The second-order valence-corrected chi connectivity index (χ2v) is 4.54. The third-order valence-electron chi connectivity index (χ3n) is 1.66. The van der Waals surface area contributed by atoms with E-state index < -0.39 is 22.2 Å². The molecule has 1 heterocycles. The molecule has 76 valence electrons. The molecule has 0 bridgehead atoms. The van der Waals surface area contributed by atoms with Crippen molar-refractivity contribution in [1.82, 2.24) is 5.01 Å². The SMILES string of the molecule is CC1=NN(C)CC(C(F)(F)F)S1=O. The third-order valence-corrected chi connectivity index (χ3v) is 3.25. The van der Waals surface area contributed by atoms with Crippen LogP contribution in [0.4, 0.5) is 13.2 Å². The highest BCUT2D eigenvalue weighted by molar-refractivity contribution is 8.01. The minimum Gasteiger partial charge on any atom is -0.298 e. The molecule has 13 heavy (non-hydrogen) atoms. The Balaban J connectivity index is 2.92. The molecule has 2 atom stereocenters. The molecule has 1 aliphatic heterocycles. The number of hydrazone groups is 1. The fourth-order valence-corrected chi connectivity index (χ4v) is 2.29. The summed E-state index contributed by atoms with van der Waals surface area (Å²) >= 11 is 0. The van der Waals surface area contributed by atoms with E-state index in [4.69, 9.17) is 0 Å². The summed E-state index contributed by atoms with van der Waals surface area (Å²) in [5, 5.41) is 3.05. The van der Waals surface area contributed by atoms with Crippen molar-refractivity contribution in [2.45, 2.75) is 18.3 Å². The van der Waals surface area contributed by atoms with Crippen LogP contribution in [0.5, 0.6) is 0 Å².